The molecule has 0 aromatic heterocycles. The first-order valence-electron chi connectivity index (χ1n) is 5.88. The fraction of sp³-hybridized carbons (Fsp3) is 0.385. The number of nitrogens with zero attached hydrogens (tertiary/aromatic N) is 1. The summed E-state index contributed by atoms with van der Waals surface area (Å²) in [5.74, 6) is 0.205. The first-order chi connectivity index (χ1) is 9.06. The molecular formula is C13H18N2O4. The van der Waals surface area contributed by atoms with E-state index in [1.54, 1.807) is 38.3 Å². The van der Waals surface area contributed by atoms with Crippen molar-refractivity contribution in [3.8, 4) is 5.75 Å². The summed E-state index contributed by atoms with van der Waals surface area (Å²) in [6.07, 6.45) is 0. The topological polar surface area (TPSA) is 67.9 Å². The molecule has 19 heavy (non-hydrogen) atoms. The Balaban J connectivity index is 2.55. The van der Waals surface area contributed by atoms with Crippen LogP contribution in [0, 0.1) is 0 Å². The lowest BCUT2D eigenvalue weighted by Gasteiger charge is -2.17. The Morgan fingerprint density at radius 3 is 2.74 bits per heavy atom. The van der Waals surface area contributed by atoms with Gasteiger partial charge in [0, 0.05) is 18.8 Å². The molecule has 0 heterocycles. The van der Waals surface area contributed by atoms with Gasteiger partial charge in [0.25, 0.3) is 0 Å². The average Bonchev–Trinajstić information content (AvgIpc) is 2.39. The number of methoxy groups -OCH3 is 1. The van der Waals surface area contributed by atoms with Gasteiger partial charge in [0.2, 0.25) is 0 Å². The van der Waals surface area contributed by atoms with E-state index in [1.165, 1.54) is 11.9 Å². The number of anilines is 1. The number of urea groups is 1. The number of ether oxygens (including phenoxy) is 2. The van der Waals surface area contributed by atoms with Gasteiger partial charge in [0.1, 0.15) is 12.3 Å². The van der Waals surface area contributed by atoms with Gasteiger partial charge in [-0.2, -0.15) is 0 Å². The van der Waals surface area contributed by atoms with Gasteiger partial charge < -0.3 is 19.7 Å². The molecule has 2 amide bonds. The molecule has 0 saturated heterocycles. The Hall–Kier alpha value is -2.24. The van der Waals surface area contributed by atoms with Gasteiger partial charge in [-0.15, -0.1) is 0 Å². The number of hydrogen-bond acceptors (Lipinski definition) is 4. The maximum absolute atomic E-state index is 11.8. The van der Waals surface area contributed by atoms with Crippen LogP contribution in [-0.2, 0) is 9.53 Å². The molecule has 0 unspecified atom stereocenters. The van der Waals surface area contributed by atoms with Crippen LogP contribution in [0.1, 0.15) is 6.92 Å². The van der Waals surface area contributed by atoms with Crippen LogP contribution < -0.4 is 10.1 Å². The molecule has 6 heteroatoms. The Labute approximate surface area is 112 Å². The van der Waals surface area contributed by atoms with Gasteiger partial charge >= 0.3 is 12.0 Å². The average molecular weight is 266 g/mol. The molecule has 1 rings (SSSR count). The van der Waals surface area contributed by atoms with E-state index < -0.39 is 5.97 Å². The fourth-order valence-corrected chi connectivity index (χ4v) is 1.39. The summed E-state index contributed by atoms with van der Waals surface area (Å²) < 4.78 is 9.82. The van der Waals surface area contributed by atoms with Crippen molar-refractivity contribution in [2.75, 3.05) is 32.6 Å². The van der Waals surface area contributed by atoms with E-state index in [2.05, 4.69) is 5.32 Å². The number of benzene rings is 1. The van der Waals surface area contributed by atoms with Crippen molar-refractivity contribution in [3.05, 3.63) is 24.3 Å². The number of amides is 2. The molecule has 0 aliphatic heterocycles. The van der Waals surface area contributed by atoms with E-state index in [0.717, 1.165) is 0 Å². The Morgan fingerprint density at radius 2 is 2.11 bits per heavy atom. The van der Waals surface area contributed by atoms with E-state index in [0.29, 0.717) is 18.0 Å². The summed E-state index contributed by atoms with van der Waals surface area (Å²) in [6.45, 7) is 1.92. The third-order valence-corrected chi connectivity index (χ3v) is 2.34. The van der Waals surface area contributed by atoms with Crippen molar-refractivity contribution in [1.82, 2.24) is 4.90 Å². The largest absolute Gasteiger partial charge is 0.497 e. The molecule has 1 aromatic rings. The van der Waals surface area contributed by atoms with Crippen LogP contribution in [-0.4, -0.2) is 44.2 Å². The van der Waals surface area contributed by atoms with E-state index in [9.17, 15) is 9.59 Å². The number of likely N-dealkylation sites (N-methyl/N-ethyl adjacent to an activating group) is 1. The number of carbonyl (C=O) groups excluding carboxylic acids is 2. The van der Waals surface area contributed by atoms with E-state index in [-0.39, 0.29) is 12.6 Å². The predicted octanol–water partition coefficient (Wildman–Crippen LogP) is 1.72. The highest BCUT2D eigenvalue weighted by Gasteiger charge is 2.13. The van der Waals surface area contributed by atoms with Crippen LogP contribution >= 0.6 is 0 Å². The molecule has 0 spiro atoms. The Bertz CT molecular complexity index is 448. The summed E-state index contributed by atoms with van der Waals surface area (Å²) >= 11 is 0. The minimum absolute atomic E-state index is 0.0936. The van der Waals surface area contributed by atoms with Gasteiger partial charge in [0.15, 0.2) is 0 Å². The zero-order chi connectivity index (χ0) is 14.3. The van der Waals surface area contributed by atoms with Gasteiger partial charge in [-0.1, -0.05) is 6.07 Å². The number of esters is 1. The number of nitrogens with one attached hydrogen (secondary N) is 1. The zero-order valence-electron chi connectivity index (χ0n) is 11.3. The number of carbonyl (C=O) groups is 2. The summed E-state index contributed by atoms with van der Waals surface area (Å²) in [5, 5.41) is 2.66. The van der Waals surface area contributed by atoms with Gasteiger partial charge in [-0.25, -0.2) is 4.79 Å². The van der Waals surface area contributed by atoms with Crippen molar-refractivity contribution in [2.45, 2.75) is 6.92 Å². The van der Waals surface area contributed by atoms with Crippen molar-refractivity contribution >= 4 is 17.7 Å². The molecule has 0 aliphatic rings. The second-order valence-corrected chi connectivity index (χ2v) is 3.82. The molecule has 1 aromatic carbocycles. The minimum atomic E-state index is -0.439. The third kappa shape index (κ3) is 4.87. The van der Waals surface area contributed by atoms with E-state index >= 15 is 0 Å². The lowest BCUT2D eigenvalue weighted by molar-refractivity contribution is -0.143. The van der Waals surface area contributed by atoms with Crippen LogP contribution in [0.25, 0.3) is 0 Å². The molecule has 0 radical (unpaired) electrons. The number of rotatable bonds is 5. The summed E-state index contributed by atoms with van der Waals surface area (Å²) in [7, 11) is 3.07. The molecule has 0 aliphatic carbocycles. The molecule has 0 saturated carbocycles. The quantitative estimate of drug-likeness (QED) is 0.824. The van der Waals surface area contributed by atoms with Gasteiger partial charge in [0.05, 0.1) is 13.7 Å². The van der Waals surface area contributed by atoms with E-state index in [4.69, 9.17) is 9.47 Å². The number of hydrogen-bond donors (Lipinski definition) is 1. The van der Waals surface area contributed by atoms with Crippen LogP contribution in [0.4, 0.5) is 10.5 Å². The van der Waals surface area contributed by atoms with Crippen LogP contribution in [0.3, 0.4) is 0 Å². The van der Waals surface area contributed by atoms with Crippen LogP contribution in [0.5, 0.6) is 5.75 Å². The monoisotopic (exact) mass is 266 g/mol. The van der Waals surface area contributed by atoms with Gasteiger partial charge in [-0.05, 0) is 19.1 Å². The highest BCUT2D eigenvalue weighted by atomic mass is 16.5. The van der Waals surface area contributed by atoms with Crippen LogP contribution in [0.2, 0.25) is 0 Å². The molecular weight excluding hydrogens is 248 g/mol. The Morgan fingerprint density at radius 1 is 1.37 bits per heavy atom. The SMILES string of the molecule is CCOC(=O)CN(C)C(=O)Nc1cccc(OC)c1. The van der Waals surface area contributed by atoms with Crippen molar-refractivity contribution in [3.63, 3.8) is 0 Å². The molecule has 0 fully saturated rings. The third-order valence-electron chi connectivity index (χ3n) is 2.34. The molecule has 104 valence electrons. The molecule has 6 nitrogen and oxygen atoms in total. The highest BCUT2D eigenvalue weighted by molar-refractivity contribution is 5.91. The van der Waals surface area contributed by atoms with Gasteiger partial charge in [-0.3, -0.25) is 4.79 Å². The summed E-state index contributed by atoms with van der Waals surface area (Å²) in [4.78, 5) is 24.3. The summed E-state index contributed by atoms with van der Waals surface area (Å²) in [5.41, 5.74) is 0.597. The fourth-order valence-electron chi connectivity index (χ4n) is 1.39. The second-order valence-electron chi connectivity index (χ2n) is 3.82. The molecule has 0 bridgehead atoms. The maximum atomic E-state index is 11.8. The normalized spacial score (nSPS) is 9.63. The molecule has 0 atom stereocenters. The maximum Gasteiger partial charge on any atom is 0.325 e. The lowest BCUT2D eigenvalue weighted by atomic mass is 10.3. The second kappa shape index (κ2) is 7.25. The predicted molar refractivity (Wildman–Crippen MR) is 71.3 cm³/mol. The van der Waals surface area contributed by atoms with Crippen molar-refractivity contribution < 1.29 is 19.1 Å². The lowest BCUT2D eigenvalue weighted by Crippen LogP contribution is -2.36. The minimum Gasteiger partial charge on any atom is -0.497 e. The van der Waals surface area contributed by atoms with Crippen molar-refractivity contribution in [1.29, 1.82) is 0 Å². The van der Waals surface area contributed by atoms with Crippen molar-refractivity contribution in [2.24, 2.45) is 0 Å². The first kappa shape index (κ1) is 14.8. The standard InChI is InChI=1S/C13H18N2O4/c1-4-19-12(16)9-15(2)13(17)14-10-6-5-7-11(8-10)18-3/h5-8H,4,9H2,1-3H3,(H,14,17). The Kier molecular flexibility index (Phi) is 5.66. The zero-order valence-corrected chi connectivity index (χ0v) is 11.3. The smallest absolute Gasteiger partial charge is 0.325 e. The summed E-state index contributed by atoms with van der Waals surface area (Å²) in [6, 6.07) is 6.58. The van der Waals surface area contributed by atoms with Crippen LogP contribution in [0.15, 0.2) is 24.3 Å². The first-order valence-corrected chi connectivity index (χ1v) is 5.88. The molecule has 1 N–H and O–H groups in total. The highest BCUT2D eigenvalue weighted by Crippen LogP contribution is 2.16. The van der Waals surface area contributed by atoms with E-state index in [1.807, 2.05) is 0 Å².